The van der Waals surface area contributed by atoms with Crippen LogP contribution in [-0.2, 0) is 0 Å². The van der Waals surface area contributed by atoms with E-state index in [1.54, 1.807) is 11.3 Å². The highest BCUT2D eigenvalue weighted by atomic mass is 32.1. The zero-order valence-electron chi connectivity index (χ0n) is 4.79. The number of hydrogen-bond donors (Lipinski definition) is 0. The molecule has 2 aromatic heterocycles. The largest absolute Gasteiger partial charge is 0.424 e. The molecule has 4 heteroatoms. The summed E-state index contributed by atoms with van der Waals surface area (Å²) in [5.74, 6) is 0. The van der Waals surface area contributed by atoms with Crippen molar-refractivity contribution in [3.05, 3.63) is 11.4 Å². The fourth-order valence-electron chi connectivity index (χ4n) is 0.680. The Morgan fingerprint density at radius 3 is 3.33 bits per heavy atom. The quantitative estimate of drug-likeness (QED) is 0.557. The monoisotopic (exact) mass is 140 g/mol. The van der Waals surface area contributed by atoms with Gasteiger partial charge in [0.2, 0.25) is 0 Å². The highest BCUT2D eigenvalue weighted by Gasteiger charge is 2.01. The average molecular weight is 140 g/mol. The van der Waals surface area contributed by atoms with Crippen molar-refractivity contribution in [2.45, 2.75) is 6.92 Å². The number of hydrogen-bond acceptors (Lipinski definition) is 4. The molecule has 0 fully saturated rings. The number of oxazole rings is 1. The number of thiazole rings is 1. The Morgan fingerprint density at radius 1 is 1.67 bits per heavy atom. The van der Waals surface area contributed by atoms with Gasteiger partial charge in [-0.05, 0) is 6.92 Å². The first kappa shape index (κ1) is 4.93. The summed E-state index contributed by atoms with van der Waals surface area (Å²) >= 11 is 1.54. The maximum atomic E-state index is 4.93. The van der Waals surface area contributed by atoms with Gasteiger partial charge in [0.25, 0.3) is 5.71 Å². The van der Waals surface area contributed by atoms with Crippen LogP contribution in [0.5, 0.6) is 0 Å². The molecule has 0 amide bonds. The highest BCUT2D eigenvalue weighted by molar-refractivity contribution is 7.17. The van der Waals surface area contributed by atoms with Gasteiger partial charge < -0.3 is 4.42 Å². The maximum Gasteiger partial charge on any atom is 0.258 e. The molecule has 0 unspecified atom stereocenters. The molecular weight excluding hydrogens is 136 g/mol. The van der Waals surface area contributed by atoms with Crippen LogP contribution in [0.1, 0.15) is 5.01 Å². The van der Waals surface area contributed by atoms with Gasteiger partial charge >= 0.3 is 0 Å². The van der Waals surface area contributed by atoms with Crippen molar-refractivity contribution in [1.82, 2.24) is 9.97 Å². The van der Waals surface area contributed by atoms with E-state index in [2.05, 4.69) is 9.97 Å². The molecule has 9 heavy (non-hydrogen) atoms. The number of nitrogens with zero attached hydrogens (tertiary/aromatic N) is 2. The first-order chi connectivity index (χ1) is 4.36. The van der Waals surface area contributed by atoms with Crippen molar-refractivity contribution >= 4 is 21.9 Å². The van der Waals surface area contributed by atoms with E-state index < -0.39 is 0 Å². The van der Waals surface area contributed by atoms with E-state index in [0.717, 1.165) is 9.84 Å². The van der Waals surface area contributed by atoms with Gasteiger partial charge in [0, 0.05) is 0 Å². The Balaban J connectivity index is 2.92. The summed E-state index contributed by atoms with van der Waals surface area (Å²) < 4.78 is 4.93. The maximum absolute atomic E-state index is 4.93. The predicted octanol–water partition coefficient (Wildman–Crippen LogP) is 1.59. The van der Waals surface area contributed by atoms with Crippen LogP contribution in [0.4, 0.5) is 0 Å². The van der Waals surface area contributed by atoms with Gasteiger partial charge in [-0.15, -0.1) is 0 Å². The minimum Gasteiger partial charge on any atom is -0.424 e. The van der Waals surface area contributed by atoms with Gasteiger partial charge in [-0.25, -0.2) is 9.97 Å². The van der Waals surface area contributed by atoms with Gasteiger partial charge in [0.05, 0.1) is 5.01 Å². The van der Waals surface area contributed by atoms with Crippen LogP contribution in [0.2, 0.25) is 0 Å². The summed E-state index contributed by atoms with van der Waals surface area (Å²) in [7, 11) is 0. The molecule has 0 aliphatic carbocycles. The summed E-state index contributed by atoms with van der Waals surface area (Å²) in [5, 5.41) is 0.997. The zero-order chi connectivity index (χ0) is 6.27. The van der Waals surface area contributed by atoms with Crippen molar-refractivity contribution in [2.75, 3.05) is 0 Å². The van der Waals surface area contributed by atoms with E-state index in [4.69, 9.17) is 4.42 Å². The fraction of sp³-hybridized carbons (Fsp3) is 0.200. The van der Waals surface area contributed by atoms with E-state index >= 15 is 0 Å². The lowest BCUT2D eigenvalue weighted by Gasteiger charge is -1.68. The van der Waals surface area contributed by atoms with Gasteiger partial charge in [-0.3, -0.25) is 0 Å². The summed E-state index contributed by atoms with van der Waals surface area (Å²) in [6, 6.07) is 0. The smallest absolute Gasteiger partial charge is 0.258 e. The minimum atomic E-state index is 0.650. The summed E-state index contributed by atoms with van der Waals surface area (Å²) in [4.78, 5) is 8.87. The minimum absolute atomic E-state index is 0.650. The molecule has 0 N–H and O–H groups in total. The summed E-state index contributed by atoms with van der Waals surface area (Å²) in [6.07, 6.45) is 1.41. The Bertz CT molecular complexity index is 296. The van der Waals surface area contributed by atoms with E-state index in [0.29, 0.717) is 5.71 Å². The van der Waals surface area contributed by atoms with Gasteiger partial charge in [0.15, 0.2) is 11.2 Å². The van der Waals surface area contributed by atoms with Gasteiger partial charge in [0.1, 0.15) is 0 Å². The Labute approximate surface area is 55.4 Å². The van der Waals surface area contributed by atoms with Crippen LogP contribution in [0.15, 0.2) is 10.8 Å². The second kappa shape index (κ2) is 1.54. The van der Waals surface area contributed by atoms with E-state index in [1.165, 1.54) is 6.39 Å². The van der Waals surface area contributed by atoms with E-state index in [-0.39, 0.29) is 0 Å². The Kier molecular flexibility index (Phi) is 0.843. The first-order valence-corrected chi connectivity index (χ1v) is 3.34. The molecule has 0 bridgehead atoms. The van der Waals surface area contributed by atoms with Crippen LogP contribution in [0.25, 0.3) is 10.5 Å². The average Bonchev–Trinajstić information content (AvgIpc) is 2.22. The molecule has 0 saturated heterocycles. The molecule has 46 valence electrons. The molecular formula is C5H4N2OS. The zero-order valence-corrected chi connectivity index (χ0v) is 5.60. The van der Waals surface area contributed by atoms with Crippen molar-refractivity contribution in [3.63, 3.8) is 0 Å². The van der Waals surface area contributed by atoms with E-state index in [1.807, 2.05) is 6.92 Å². The second-order valence-electron chi connectivity index (χ2n) is 1.70. The molecule has 3 nitrogen and oxygen atoms in total. The molecule has 0 aliphatic heterocycles. The molecule has 0 atom stereocenters. The van der Waals surface area contributed by atoms with Crippen LogP contribution < -0.4 is 0 Å². The van der Waals surface area contributed by atoms with Crippen LogP contribution in [0, 0.1) is 6.92 Å². The molecule has 2 heterocycles. The van der Waals surface area contributed by atoms with E-state index in [9.17, 15) is 0 Å². The predicted molar refractivity (Wildman–Crippen MR) is 34.4 cm³/mol. The Morgan fingerprint density at radius 2 is 2.56 bits per heavy atom. The number of aryl methyl sites for hydroxylation is 1. The topological polar surface area (TPSA) is 38.9 Å². The standard InChI is InChI=1S/C5H4N2OS/c1-3-7-4-5(9-3)6-2-8-4/h2H,1H3. The number of fused-ring (bicyclic) bond motifs is 1. The van der Waals surface area contributed by atoms with Crippen molar-refractivity contribution < 1.29 is 4.42 Å². The van der Waals surface area contributed by atoms with Crippen LogP contribution >= 0.6 is 11.3 Å². The summed E-state index contributed by atoms with van der Waals surface area (Å²) in [6.45, 7) is 1.93. The molecule has 2 rings (SSSR count). The molecule has 0 saturated carbocycles. The SMILES string of the molecule is Cc1nc2ocnc2s1. The summed E-state index contributed by atoms with van der Waals surface area (Å²) in [5.41, 5.74) is 0.650. The third kappa shape index (κ3) is 0.632. The van der Waals surface area contributed by atoms with Crippen molar-refractivity contribution in [2.24, 2.45) is 0 Å². The number of aromatic nitrogens is 2. The lowest BCUT2D eigenvalue weighted by atomic mass is 10.8. The molecule has 0 spiro atoms. The molecule has 0 aromatic carbocycles. The normalized spacial score (nSPS) is 10.8. The lowest BCUT2D eigenvalue weighted by molar-refractivity contribution is 0.590. The first-order valence-electron chi connectivity index (χ1n) is 2.53. The lowest BCUT2D eigenvalue weighted by Crippen LogP contribution is -1.61. The third-order valence-corrected chi connectivity index (χ3v) is 1.88. The molecule has 0 radical (unpaired) electrons. The second-order valence-corrected chi connectivity index (χ2v) is 2.88. The molecule has 2 aromatic rings. The van der Waals surface area contributed by atoms with Crippen molar-refractivity contribution in [3.8, 4) is 0 Å². The van der Waals surface area contributed by atoms with Gasteiger partial charge in [-0.2, -0.15) is 0 Å². The van der Waals surface area contributed by atoms with Crippen LogP contribution in [-0.4, -0.2) is 9.97 Å². The highest BCUT2D eigenvalue weighted by Crippen LogP contribution is 2.18. The Hall–Kier alpha value is -0.900. The number of rotatable bonds is 0. The van der Waals surface area contributed by atoms with Crippen LogP contribution in [0.3, 0.4) is 0 Å². The van der Waals surface area contributed by atoms with Gasteiger partial charge in [-0.1, -0.05) is 11.3 Å². The fourth-order valence-corrected chi connectivity index (χ4v) is 1.36. The van der Waals surface area contributed by atoms with Crippen molar-refractivity contribution in [1.29, 1.82) is 0 Å². The molecule has 0 aliphatic rings. The third-order valence-electron chi connectivity index (χ3n) is 1.02.